The van der Waals surface area contributed by atoms with Gasteiger partial charge in [0.2, 0.25) is 0 Å². The Morgan fingerprint density at radius 1 is 1.47 bits per heavy atom. The fourth-order valence-corrected chi connectivity index (χ4v) is 3.53. The van der Waals surface area contributed by atoms with Crippen LogP contribution in [0.3, 0.4) is 0 Å². The number of hydrogen-bond acceptors (Lipinski definition) is 3. The zero-order valence-corrected chi connectivity index (χ0v) is 11.0. The van der Waals surface area contributed by atoms with Crippen molar-refractivity contribution in [3.63, 3.8) is 0 Å². The maximum atomic E-state index is 12.3. The summed E-state index contributed by atoms with van der Waals surface area (Å²) >= 11 is 0. The highest BCUT2D eigenvalue weighted by Gasteiger charge is 2.18. The van der Waals surface area contributed by atoms with Crippen molar-refractivity contribution in [1.82, 2.24) is 0 Å². The highest BCUT2D eigenvalue weighted by molar-refractivity contribution is 7.85. The van der Waals surface area contributed by atoms with Crippen molar-refractivity contribution in [2.75, 3.05) is 18.1 Å². The Kier molecular flexibility index (Phi) is 4.18. The van der Waals surface area contributed by atoms with E-state index in [4.69, 9.17) is 10.5 Å². The van der Waals surface area contributed by atoms with E-state index in [2.05, 4.69) is 0 Å². The lowest BCUT2D eigenvalue weighted by atomic mass is 10.1. The number of benzene rings is 1. The van der Waals surface area contributed by atoms with E-state index in [1.54, 1.807) is 0 Å². The minimum Gasteiger partial charge on any atom is -0.399 e. The van der Waals surface area contributed by atoms with E-state index in [9.17, 15) is 4.21 Å². The van der Waals surface area contributed by atoms with Crippen LogP contribution in [0.1, 0.15) is 24.8 Å². The molecule has 1 aliphatic heterocycles. The predicted molar refractivity (Wildman–Crippen MR) is 70.5 cm³/mol. The molecule has 1 fully saturated rings. The van der Waals surface area contributed by atoms with Gasteiger partial charge in [-0.1, -0.05) is 6.07 Å². The smallest absolute Gasteiger partial charge is 0.0693 e. The van der Waals surface area contributed by atoms with Gasteiger partial charge >= 0.3 is 0 Å². The molecule has 3 nitrogen and oxygen atoms in total. The number of nitrogen functional groups attached to an aromatic ring is 1. The van der Waals surface area contributed by atoms with E-state index in [1.165, 1.54) is 6.42 Å². The van der Waals surface area contributed by atoms with Gasteiger partial charge in [0.05, 0.1) is 22.7 Å². The molecule has 2 unspecified atom stereocenters. The van der Waals surface area contributed by atoms with Crippen molar-refractivity contribution in [2.24, 2.45) is 0 Å². The Balaban J connectivity index is 2.05. The summed E-state index contributed by atoms with van der Waals surface area (Å²) in [4.78, 5) is 0.846. The van der Waals surface area contributed by atoms with E-state index < -0.39 is 10.8 Å². The lowest BCUT2D eigenvalue weighted by Crippen LogP contribution is -2.25. The number of nitrogens with two attached hydrogens (primary N) is 1. The molecular formula is C13H19NO2S. The molecule has 4 heteroatoms. The number of rotatable bonds is 3. The summed E-state index contributed by atoms with van der Waals surface area (Å²) in [5.41, 5.74) is 7.44. The molecule has 2 atom stereocenters. The van der Waals surface area contributed by atoms with Crippen LogP contribution in [0.15, 0.2) is 23.1 Å². The molecule has 1 aromatic carbocycles. The molecule has 0 spiro atoms. The van der Waals surface area contributed by atoms with Crippen molar-refractivity contribution in [1.29, 1.82) is 0 Å². The number of hydrogen-bond donors (Lipinski definition) is 1. The summed E-state index contributed by atoms with van der Waals surface area (Å²) in [5, 5.41) is 0. The molecule has 0 radical (unpaired) electrons. The molecule has 0 saturated carbocycles. The molecule has 1 heterocycles. The first-order chi connectivity index (χ1) is 8.16. The van der Waals surface area contributed by atoms with Gasteiger partial charge in [-0.05, 0) is 43.9 Å². The van der Waals surface area contributed by atoms with Gasteiger partial charge in [-0.25, -0.2) is 0 Å². The van der Waals surface area contributed by atoms with Crippen LogP contribution < -0.4 is 5.73 Å². The molecular weight excluding hydrogens is 234 g/mol. The van der Waals surface area contributed by atoms with Crippen LogP contribution in [0, 0.1) is 6.92 Å². The second kappa shape index (κ2) is 5.65. The van der Waals surface area contributed by atoms with Crippen LogP contribution in [0.25, 0.3) is 0 Å². The second-order valence-electron chi connectivity index (χ2n) is 4.53. The quantitative estimate of drug-likeness (QED) is 0.841. The van der Waals surface area contributed by atoms with E-state index in [0.29, 0.717) is 11.4 Å². The SMILES string of the molecule is Cc1ccc(N)cc1S(=O)CC1CCCCO1. The number of anilines is 1. The minimum atomic E-state index is -1.01. The monoisotopic (exact) mass is 253 g/mol. The second-order valence-corrected chi connectivity index (χ2v) is 5.99. The molecule has 17 heavy (non-hydrogen) atoms. The van der Waals surface area contributed by atoms with Gasteiger partial charge in [0.15, 0.2) is 0 Å². The van der Waals surface area contributed by atoms with E-state index in [1.807, 2.05) is 25.1 Å². The van der Waals surface area contributed by atoms with Crippen LogP contribution in [0.5, 0.6) is 0 Å². The van der Waals surface area contributed by atoms with Crippen LogP contribution in [-0.2, 0) is 15.5 Å². The summed E-state index contributed by atoms with van der Waals surface area (Å²) in [6.07, 6.45) is 3.47. The average Bonchev–Trinajstić information content (AvgIpc) is 2.33. The third-order valence-corrected chi connectivity index (χ3v) is 4.67. The topological polar surface area (TPSA) is 52.3 Å². The third kappa shape index (κ3) is 3.30. The normalized spacial score (nSPS) is 22.3. The molecule has 2 rings (SSSR count). The van der Waals surface area contributed by atoms with E-state index >= 15 is 0 Å². The van der Waals surface area contributed by atoms with E-state index in [0.717, 1.165) is 29.9 Å². The molecule has 0 aromatic heterocycles. The van der Waals surface area contributed by atoms with Crippen molar-refractivity contribution < 1.29 is 8.95 Å². The molecule has 94 valence electrons. The van der Waals surface area contributed by atoms with Gasteiger partial charge in [-0.15, -0.1) is 0 Å². The Hall–Kier alpha value is -0.870. The van der Waals surface area contributed by atoms with Crippen LogP contribution >= 0.6 is 0 Å². The van der Waals surface area contributed by atoms with E-state index in [-0.39, 0.29) is 6.10 Å². The molecule has 0 aliphatic carbocycles. The van der Waals surface area contributed by atoms with Gasteiger partial charge in [-0.3, -0.25) is 4.21 Å². The first-order valence-electron chi connectivity index (χ1n) is 6.03. The number of ether oxygens (including phenoxy) is 1. The highest BCUT2D eigenvalue weighted by Crippen LogP contribution is 2.20. The zero-order chi connectivity index (χ0) is 12.3. The predicted octanol–water partition coefficient (Wildman–Crippen LogP) is 2.25. The van der Waals surface area contributed by atoms with Gasteiger partial charge in [0.25, 0.3) is 0 Å². The van der Waals surface area contributed by atoms with Crippen molar-refractivity contribution in [2.45, 2.75) is 37.2 Å². The van der Waals surface area contributed by atoms with Gasteiger partial charge in [-0.2, -0.15) is 0 Å². The summed E-state index contributed by atoms with van der Waals surface area (Å²) in [7, 11) is -1.01. The lowest BCUT2D eigenvalue weighted by Gasteiger charge is -2.22. The Labute approximate surface area is 105 Å². The number of aryl methyl sites for hydroxylation is 1. The maximum absolute atomic E-state index is 12.3. The Bertz CT molecular complexity index is 414. The maximum Gasteiger partial charge on any atom is 0.0693 e. The Morgan fingerprint density at radius 3 is 3.00 bits per heavy atom. The van der Waals surface area contributed by atoms with Crippen molar-refractivity contribution in [3.05, 3.63) is 23.8 Å². The largest absolute Gasteiger partial charge is 0.399 e. The third-order valence-electron chi connectivity index (χ3n) is 3.07. The highest BCUT2D eigenvalue weighted by atomic mass is 32.2. The summed E-state index contributed by atoms with van der Waals surface area (Å²) in [6, 6.07) is 5.58. The van der Waals surface area contributed by atoms with Crippen LogP contribution in [-0.4, -0.2) is 22.7 Å². The summed E-state index contributed by atoms with van der Waals surface area (Å²) in [6.45, 7) is 2.77. The zero-order valence-electron chi connectivity index (χ0n) is 10.1. The first kappa shape index (κ1) is 12.6. The molecule has 1 saturated heterocycles. The van der Waals surface area contributed by atoms with Crippen LogP contribution in [0.2, 0.25) is 0 Å². The molecule has 0 amide bonds. The lowest BCUT2D eigenvalue weighted by molar-refractivity contribution is 0.0310. The van der Waals surface area contributed by atoms with Gasteiger partial charge in [0, 0.05) is 17.2 Å². The fourth-order valence-electron chi connectivity index (χ4n) is 2.06. The van der Waals surface area contributed by atoms with Gasteiger partial charge in [0.1, 0.15) is 0 Å². The fraction of sp³-hybridized carbons (Fsp3) is 0.538. The summed E-state index contributed by atoms with van der Waals surface area (Å²) < 4.78 is 17.9. The average molecular weight is 253 g/mol. The van der Waals surface area contributed by atoms with Crippen LogP contribution in [0.4, 0.5) is 5.69 Å². The first-order valence-corrected chi connectivity index (χ1v) is 7.35. The molecule has 1 aliphatic rings. The Morgan fingerprint density at radius 2 is 2.29 bits per heavy atom. The van der Waals surface area contributed by atoms with Crippen molar-refractivity contribution in [3.8, 4) is 0 Å². The molecule has 1 aromatic rings. The molecule has 0 bridgehead atoms. The van der Waals surface area contributed by atoms with Gasteiger partial charge < -0.3 is 10.5 Å². The van der Waals surface area contributed by atoms with Crippen molar-refractivity contribution >= 4 is 16.5 Å². The summed E-state index contributed by atoms with van der Waals surface area (Å²) in [5.74, 6) is 0.588. The standard InChI is InChI=1S/C13H19NO2S/c1-10-5-6-11(14)8-13(10)17(15)9-12-4-2-3-7-16-12/h5-6,8,12H,2-4,7,9,14H2,1H3. The molecule has 2 N–H and O–H groups in total. The minimum absolute atomic E-state index is 0.144.